The number of amides is 1. The molecule has 3 nitrogen and oxygen atoms in total. The fourth-order valence-corrected chi connectivity index (χ4v) is 2.16. The maximum absolute atomic E-state index is 12.6. The Morgan fingerprint density at radius 3 is 2.38 bits per heavy atom. The van der Waals surface area contributed by atoms with E-state index in [0.29, 0.717) is 13.0 Å². The van der Waals surface area contributed by atoms with Gasteiger partial charge in [-0.3, -0.25) is 4.79 Å². The van der Waals surface area contributed by atoms with E-state index >= 15 is 0 Å². The van der Waals surface area contributed by atoms with Crippen molar-refractivity contribution in [2.75, 3.05) is 13.1 Å². The van der Waals surface area contributed by atoms with E-state index in [0.717, 1.165) is 31.2 Å². The first kappa shape index (κ1) is 17.6. The summed E-state index contributed by atoms with van der Waals surface area (Å²) in [7, 11) is 0. The first-order valence-electron chi connectivity index (χ1n) is 7.43. The number of benzene rings is 1. The van der Waals surface area contributed by atoms with Gasteiger partial charge in [-0.25, -0.2) is 8.78 Å². The van der Waals surface area contributed by atoms with Crippen LogP contribution in [0.4, 0.5) is 8.78 Å². The summed E-state index contributed by atoms with van der Waals surface area (Å²) in [6.45, 7) is 0.392. The molecule has 0 aliphatic carbocycles. The molecule has 21 heavy (non-hydrogen) atoms. The SMILES string of the molecule is NCCCCCCC(=O)N(Cc1ccccc1)CC(F)F. The number of hydrogen-bond acceptors (Lipinski definition) is 2. The minimum atomic E-state index is -2.50. The number of alkyl halides is 2. The predicted molar refractivity (Wildman–Crippen MR) is 80.0 cm³/mol. The van der Waals surface area contributed by atoms with Crippen LogP contribution in [0, 0.1) is 0 Å². The van der Waals surface area contributed by atoms with Crippen molar-refractivity contribution in [2.45, 2.75) is 45.1 Å². The van der Waals surface area contributed by atoms with Crippen molar-refractivity contribution in [2.24, 2.45) is 5.73 Å². The van der Waals surface area contributed by atoms with Crippen molar-refractivity contribution in [1.29, 1.82) is 0 Å². The second-order valence-electron chi connectivity index (χ2n) is 5.10. The first-order valence-corrected chi connectivity index (χ1v) is 7.43. The number of unbranched alkanes of at least 4 members (excludes halogenated alkanes) is 3. The average molecular weight is 298 g/mol. The van der Waals surface area contributed by atoms with Crippen LogP contribution in [0.15, 0.2) is 30.3 Å². The zero-order valence-electron chi connectivity index (χ0n) is 12.3. The van der Waals surface area contributed by atoms with Gasteiger partial charge in [0, 0.05) is 13.0 Å². The number of rotatable bonds is 10. The van der Waals surface area contributed by atoms with E-state index in [9.17, 15) is 13.6 Å². The Balaban J connectivity index is 2.46. The maximum atomic E-state index is 12.6. The number of nitrogens with zero attached hydrogens (tertiary/aromatic N) is 1. The molecule has 1 aromatic rings. The van der Waals surface area contributed by atoms with Gasteiger partial charge in [0.1, 0.15) is 0 Å². The third kappa shape index (κ3) is 7.75. The Morgan fingerprint density at radius 1 is 1.10 bits per heavy atom. The lowest BCUT2D eigenvalue weighted by molar-refractivity contribution is -0.134. The van der Waals surface area contributed by atoms with Gasteiger partial charge < -0.3 is 10.6 Å². The highest BCUT2D eigenvalue weighted by Gasteiger charge is 2.18. The zero-order chi connectivity index (χ0) is 15.5. The van der Waals surface area contributed by atoms with Gasteiger partial charge in [-0.15, -0.1) is 0 Å². The maximum Gasteiger partial charge on any atom is 0.255 e. The van der Waals surface area contributed by atoms with Crippen LogP contribution >= 0.6 is 0 Å². The highest BCUT2D eigenvalue weighted by Crippen LogP contribution is 2.11. The molecule has 1 rings (SSSR count). The largest absolute Gasteiger partial charge is 0.333 e. The molecule has 0 saturated carbocycles. The monoisotopic (exact) mass is 298 g/mol. The van der Waals surface area contributed by atoms with Gasteiger partial charge in [0.05, 0.1) is 6.54 Å². The lowest BCUT2D eigenvalue weighted by Gasteiger charge is -2.22. The molecule has 0 aromatic heterocycles. The Bertz CT molecular complexity index is 399. The molecular weight excluding hydrogens is 274 g/mol. The van der Waals surface area contributed by atoms with E-state index in [2.05, 4.69) is 0 Å². The van der Waals surface area contributed by atoms with Gasteiger partial charge in [-0.1, -0.05) is 43.2 Å². The topological polar surface area (TPSA) is 46.3 Å². The molecule has 118 valence electrons. The molecular formula is C16H24F2N2O. The Morgan fingerprint density at radius 2 is 1.76 bits per heavy atom. The van der Waals surface area contributed by atoms with Gasteiger partial charge in [0.25, 0.3) is 6.43 Å². The molecule has 1 amide bonds. The van der Waals surface area contributed by atoms with Crippen LogP contribution in [0.5, 0.6) is 0 Å². The smallest absolute Gasteiger partial charge is 0.255 e. The fourth-order valence-electron chi connectivity index (χ4n) is 2.16. The van der Waals surface area contributed by atoms with Crippen molar-refractivity contribution in [3.8, 4) is 0 Å². The average Bonchev–Trinajstić information content (AvgIpc) is 2.47. The lowest BCUT2D eigenvalue weighted by Crippen LogP contribution is -2.34. The van der Waals surface area contributed by atoms with Crippen molar-refractivity contribution < 1.29 is 13.6 Å². The molecule has 0 saturated heterocycles. The van der Waals surface area contributed by atoms with Crippen LogP contribution in [0.3, 0.4) is 0 Å². The van der Waals surface area contributed by atoms with Crippen LogP contribution in [0.25, 0.3) is 0 Å². The molecule has 5 heteroatoms. The van der Waals surface area contributed by atoms with Crippen LogP contribution in [0.1, 0.15) is 37.7 Å². The molecule has 0 fully saturated rings. The Hall–Kier alpha value is -1.49. The molecule has 0 atom stereocenters. The number of hydrogen-bond donors (Lipinski definition) is 1. The molecule has 0 spiro atoms. The van der Waals surface area contributed by atoms with Crippen molar-refractivity contribution in [1.82, 2.24) is 4.90 Å². The highest BCUT2D eigenvalue weighted by atomic mass is 19.3. The summed E-state index contributed by atoms with van der Waals surface area (Å²) in [6.07, 6.45) is 1.39. The van der Waals surface area contributed by atoms with Crippen molar-refractivity contribution in [3.63, 3.8) is 0 Å². The van der Waals surface area contributed by atoms with E-state index in [1.165, 1.54) is 4.90 Å². The third-order valence-corrected chi connectivity index (χ3v) is 3.27. The van der Waals surface area contributed by atoms with Crippen LogP contribution in [0.2, 0.25) is 0 Å². The van der Waals surface area contributed by atoms with Crippen molar-refractivity contribution >= 4 is 5.91 Å². The standard InChI is InChI=1S/C16H24F2N2O/c17-15(18)13-20(12-14-8-4-3-5-9-14)16(21)10-6-1-2-7-11-19/h3-5,8-9,15H,1-2,6-7,10-13,19H2. The molecule has 0 bridgehead atoms. The summed E-state index contributed by atoms with van der Waals surface area (Å²) in [6, 6.07) is 9.22. The number of carbonyl (C=O) groups excluding carboxylic acids is 1. The summed E-state index contributed by atoms with van der Waals surface area (Å²) >= 11 is 0. The zero-order valence-corrected chi connectivity index (χ0v) is 12.3. The minimum absolute atomic E-state index is 0.202. The van der Waals surface area contributed by atoms with Crippen LogP contribution < -0.4 is 5.73 Å². The Kier molecular flexibility index (Phi) is 8.59. The third-order valence-electron chi connectivity index (χ3n) is 3.27. The van der Waals surface area contributed by atoms with E-state index in [-0.39, 0.29) is 12.5 Å². The molecule has 0 heterocycles. The van der Waals surface area contributed by atoms with Crippen molar-refractivity contribution in [3.05, 3.63) is 35.9 Å². The summed E-state index contributed by atoms with van der Waals surface area (Å²) in [5.41, 5.74) is 6.27. The first-order chi connectivity index (χ1) is 10.1. The van der Waals surface area contributed by atoms with Gasteiger partial charge in [-0.05, 0) is 24.9 Å². The van der Waals surface area contributed by atoms with Crippen LogP contribution in [-0.2, 0) is 11.3 Å². The normalized spacial score (nSPS) is 10.9. The fraction of sp³-hybridized carbons (Fsp3) is 0.562. The highest BCUT2D eigenvalue weighted by molar-refractivity contribution is 5.76. The van der Waals surface area contributed by atoms with E-state index in [1.807, 2.05) is 30.3 Å². The molecule has 0 aliphatic rings. The molecule has 2 N–H and O–H groups in total. The second kappa shape index (κ2) is 10.3. The van der Waals surface area contributed by atoms with E-state index < -0.39 is 13.0 Å². The summed E-state index contributed by atoms with van der Waals surface area (Å²) in [5, 5.41) is 0. The summed E-state index contributed by atoms with van der Waals surface area (Å²) < 4.78 is 25.3. The molecule has 0 aliphatic heterocycles. The summed E-state index contributed by atoms with van der Waals surface area (Å²) in [5.74, 6) is -0.202. The quantitative estimate of drug-likeness (QED) is 0.674. The van der Waals surface area contributed by atoms with Gasteiger partial charge >= 0.3 is 0 Å². The van der Waals surface area contributed by atoms with Crippen LogP contribution in [-0.4, -0.2) is 30.3 Å². The number of nitrogens with two attached hydrogens (primary N) is 1. The van der Waals surface area contributed by atoms with Gasteiger partial charge in [0.15, 0.2) is 0 Å². The van der Waals surface area contributed by atoms with E-state index in [1.54, 1.807) is 0 Å². The molecule has 0 unspecified atom stereocenters. The van der Waals surface area contributed by atoms with Gasteiger partial charge in [0.2, 0.25) is 5.91 Å². The van der Waals surface area contributed by atoms with E-state index in [4.69, 9.17) is 5.73 Å². The number of halogens is 2. The lowest BCUT2D eigenvalue weighted by atomic mass is 10.1. The number of carbonyl (C=O) groups is 1. The molecule has 0 radical (unpaired) electrons. The predicted octanol–water partition coefficient (Wildman–Crippen LogP) is 3.19. The molecule has 1 aromatic carbocycles. The minimum Gasteiger partial charge on any atom is -0.333 e. The second-order valence-corrected chi connectivity index (χ2v) is 5.10. The summed E-state index contributed by atoms with van der Waals surface area (Å²) in [4.78, 5) is 13.3. The Labute approximate surface area is 125 Å². The van der Waals surface area contributed by atoms with Gasteiger partial charge in [-0.2, -0.15) is 0 Å².